The molecule has 250 valence electrons. The lowest BCUT2D eigenvalue weighted by Crippen LogP contribution is -2.37. The predicted octanol–water partition coefficient (Wildman–Crippen LogP) is 6.14. The number of halogens is 3. The highest BCUT2D eigenvalue weighted by atomic mass is 32.1. The number of hydrogen-bond acceptors (Lipinski definition) is 6. The van der Waals surface area contributed by atoms with Crippen LogP contribution in [0.1, 0.15) is 68.6 Å². The number of carbonyl (C=O) groups is 3. The van der Waals surface area contributed by atoms with Crippen LogP contribution < -0.4 is 20.1 Å². The number of fused-ring (bicyclic) bond motifs is 2. The highest BCUT2D eigenvalue weighted by Crippen LogP contribution is 2.32. The number of benzene rings is 2. The van der Waals surface area contributed by atoms with Crippen molar-refractivity contribution < 1.29 is 42.4 Å². The second-order valence-corrected chi connectivity index (χ2v) is 12.0. The van der Waals surface area contributed by atoms with Crippen molar-refractivity contribution in [3.63, 3.8) is 0 Å². The number of aromatic nitrogens is 3. The van der Waals surface area contributed by atoms with E-state index in [9.17, 15) is 22.8 Å². The van der Waals surface area contributed by atoms with Gasteiger partial charge in [-0.2, -0.15) is 13.2 Å². The first-order valence-corrected chi connectivity index (χ1v) is 16.1. The molecule has 3 heterocycles. The summed E-state index contributed by atoms with van der Waals surface area (Å²) < 4.78 is 38.2. The van der Waals surface area contributed by atoms with Gasteiger partial charge in [0.1, 0.15) is 29.7 Å². The van der Waals surface area contributed by atoms with Crippen LogP contribution in [-0.2, 0) is 20.8 Å². The molecule has 9 nitrogen and oxygen atoms in total. The van der Waals surface area contributed by atoms with Crippen LogP contribution in [0.5, 0.6) is 5.75 Å². The lowest BCUT2D eigenvalue weighted by molar-refractivity contribution is -0.391. The van der Waals surface area contributed by atoms with Gasteiger partial charge in [0.15, 0.2) is 5.69 Å². The van der Waals surface area contributed by atoms with Crippen molar-refractivity contribution in [2.24, 2.45) is 0 Å². The predicted molar refractivity (Wildman–Crippen MR) is 172 cm³/mol. The van der Waals surface area contributed by atoms with E-state index in [0.717, 1.165) is 70.7 Å². The van der Waals surface area contributed by atoms with Crippen molar-refractivity contribution in [2.45, 2.75) is 71.0 Å². The number of carboxylic acid groups (broad SMARTS) is 1. The van der Waals surface area contributed by atoms with Gasteiger partial charge in [-0.25, -0.2) is 9.97 Å². The van der Waals surface area contributed by atoms with Crippen molar-refractivity contribution in [3.05, 3.63) is 71.1 Å². The molecule has 5 aromatic rings. The summed E-state index contributed by atoms with van der Waals surface area (Å²) in [7, 11) is 1.65. The van der Waals surface area contributed by atoms with Crippen molar-refractivity contribution in [3.8, 4) is 17.0 Å². The van der Waals surface area contributed by atoms with Crippen LogP contribution in [0.25, 0.3) is 32.2 Å². The molecule has 0 saturated heterocycles. The lowest BCUT2D eigenvalue weighted by Gasteiger charge is -2.14. The number of aryl methyl sites for hydroxylation is 1. The summed E-state index contributed by atoms with van der Waals surface area (Å²) in [5, 5.41) is 16.4. The minimum Gasteiger partial charge on any atom is -0.542 e. The monoisotopic (exact) mass is 670 g/mol. The summed E-state index contributed by atoms with van der Waals surface area (Å²) >= 11 is 1.72. The van der Waals surface area contributed by atoms with Crippen LogP contribution in [-0.4, -0.2) is 40.9 Å². The summed E-state index contributed by atoms with van der Waals surface area (Å²) in [5.41, 5.74) is 5.08. The Bertz CT molecular complexity index is 1840. The van der Waals surface area contributed by atoms with Gasteiger partial charge < -0.3 is 24.9 Å². The topological polar surface area (TPSA) is 141 Å². The van der Waals surface area contributed by atoms with Gasteiger partial charge in [-0.05, 0) is 66.4 Å². The fourth-order valence-electron chi connectivity index (χ4n) is 5.34. The van der Waals surface area contributed by atoms with Crippen molar-refractivity contribution in [1.29, 1.82) is 0 Å². The number of carbonyl (C=O) groups excluding carboxylic acids is 3. The lowest BCUT2D eigenvalue weighted by atomic mass is 10.0. The molecule has 47 heavy (non-hydrogen) atoms. The number of aliphatic carboxylic acids is 1. The zero-order valence-electron chi connectivity index (χ0n) is 26.3. The van der Waals surface area contributed by atoms with Crippen LogP contribution in [0, 0.1) is 6.92 Å². The fraction of sp³-hybridized carbons (Fsp3) is 0.353. The molecule has 1 unspecified atom stereocenters. The summed E-state index contributed by atoms with van der Waals surface area (Å²) in [6.45, 7) is 3.91. The standard InChI is InChI=1S/C32H36N4O3S.C2HF3O2/c1-4-22(37)10-6-5-7-12-28(32-33-19-29(36-32)24-11-8-9-21-15-16-40-31(21)24)35-30(38)18-25-20(2)34-27-14-13-23(39-3)17-26(25)27;3-2(4,5)1(6)7/h8-9,11,13-17,19,28,34H,4-7,10,12,18H2,1-3H3,(H,33,36)(H,35,38);(H,6,7). The van der Waals surface area contributed by atoms with E-state index < -0.39 is 12.1 Å². The smallest absolute Gasteiger partial charge is 0.430 e. The molecular weight excluding hydrogens is 633 g/mol. The molecule has 0 bridgehead atoms. The van der Waals surface area contributed by atoms with Crippen LogP contribution in [0.3, 0.4) is 0 Å². The maximum absolute atomic E-state index is 13.5. The third-order valence-electron chi connectivity index (χ3n) is 7.83. The van der Waals surface area contributed by atoms with Gasteiger partial charge in [0.25, 0.3) is 5.82 Å². The van der Waals surface area contributed by atoms with Crippen molar-refractivity contribution in [1.82, 2.24) is 15.3 Å². The second-order valence-electron chi connectivity index (χ2n) is 11.1. The molecule has 1 atom stereocenters. The fourth-order valence-corrected chi connectivity index (χ4v) is 6.27. The van der Waals surface area contributed by atoms with Gasteiger partial charge in [-0.1, -0.05) is 31.9 Å². The number of Topliss-reactive ketones (excluding diaryl/α,β-unsaturated/α-hetero) is 1. The molecule has 0 aliphatic heterocycles. The van der Waals surface area contributed by atoms with E-state index >= 15 is 0 Å². The summed E-state index contributed by atoms with van der Waals surface area (Å²) in [6.07, 6.45) is 1.78. The van der Waals surface area contributed by atoms with E-state index in [2.05, 4.69) is 49.9 Å². The van der Waals surface area contributed by atoms with E-state index in [1.54, 1.807) is 18.4 Å². The van der Waals surface area contributed by atoms with Gasteiger partial charge in [-0.3, -0.25) is 9.59 Å². The van der Waals surface area contributed by atoms with Crippen LogP contribution in [0.15, 0.2) is 54.0 Å². The first kappa shape index (κ1) is 35.2. The number of thiophene rings is 1. The number of methoxy groups -OCH3 is 1. The molecule has 3 aromatic heterocycles. The van der Waals surface area contributed by atoms with E-state index in [1.807, 2.05) is 38.2 Å². The number of ether oxygens (including phenoxy) is 1. The van der Waals surface area contributed by atoms with Crippen LogP contribution in [0.2, 0.25) is 0 Å². The summed E-state index contributed by atoms with van der Waals surface area (Å²) in [6, 6.07) is 14.1. The third kappa shape index (κ3) is 9.22. The van der Waals surface area contributed by atoms with Crippen LogP contribution >= 0.6 is 11.3 Å². The quantitative estimate of drug-likeness (QED) is 0.129. The number of rotatable bonds is 13. The highest BCUT2D eigenvalue weighted by Gasteiger charge is 2.29. The second kappa shape index (κ2) is 15.8. The SMILES string of the molecule is CCC(=O)CCCCCC(NC(=O)Cc1c(C)[nH]c2ccc(OC)cc12)c1[nH]c(-c2cccc3ccsc23)c[nH+]1.O=C([O-])C(F)(F)F. The number of aromatic amines is 3. The van der Waals surface area contributed by atoms with Crippen LogP contribution in [0.4, 0.5) is 13.2 Å². The molecule has 2 aromatic carbocycles. The van der Waals surface area contributed by atoms with Gasteiger partial charge >= 0.3 is 6.18 Å². The Morgan fingerprint density at radius 3 is 2.55 bits per heavy atom. The zero-order valence-corrected chi connectivity index (χ0v) is 27.1. The minimum absolute atomic E-state index is 0.0390. The number of imidazole rings is 1. The Hall–Kier alpha value is -4.65. The zero-order chi connectivity index (χ0) is 34.1. The van der Waals surface area contributed by atoms with E-state index in [0.29, 0.717) is 18.6 Å². The molecule has 1 amide bonds. The van der Waals surface area contributed by atoms with E-state index in [4.69, 9.17) is 14.6 Å². The molecule has 0 fully saturated rings. The molecule has 0 radical (unpaired) electrons. The largest absolute Gasteiger partial charge is 0.542 e. The average molecular weight is 671 g/mol. The number of hydrogen-bond donors (Lipinski definition) is 3. The van der Waals surface area contributed by atoms with Gasteiger partial charge in [0.2, 0.25) is 5.91 Å². The number of ketones is 1. The van der Waals surface area contributed by atoms with E-state index in [-0.39, 0.29) is 18.4 Å². The Morgan fingerprint density at radius 2 is 1.85 bits per heavy atom. The number of amides is 1. The number of carboxylic acids is 1. The first-order valence-electron chi connectivity index (χ1n) is 15.2. The Morgan fingerprint density at radius 1 is 1.09 bits per heavy atom. The first-order chi connectivity index (χ1) is 22.4. The maximum Gasteiger partial charge on any atom is 0.430 e. The minimum atomic E-state index is -5.19. The number of H-pyrrole nitrogens is 3. The van der Waals surface area contributed by atoms with Gasteiger partial charge in [0, 0.05) is 39.7 Å². The molecule has 0 aliphatic carbocycles. The van der Waals surface area contributed by atoms with Crippen molar-refractivity contribution in [2.75, 3.05) is 7.11 Å². The molecule has 4 N–H and O–H groups in total. The van der Waals surface area contributed by atoms with Crippen molar-refractivity contribution >= 4 is 50.0 Å². The summed E-state index contributed by atoms with van der Waals surface area (Å²) in [4.78, 5) is 44.3. The molecule has 0 saturated carbocycles. The third-order valence-corrected chi connectivity index (χ3v) is 8.80. The van der Waals surface area contributed by atoms with Gasteiger partial charge in [-0.15, -0.1) is 11.3 Å². The molecule has 13 heteroatoms. The number of nitrogens with one attached hydrogen (secondary N) is 4. The number of unbranched alkanes of at least 4 members (excludes halogenated alkanes) is 2. The Balaban J connectivity index is 0.000000644. The average Bonchev–Trinajstić information content (AvgIpc) is 3.79. The molecule has 0 spiro atoms. The Kier molecular flexibility index (Phi) is 11.8. The molecule has 5 rings (SSSR count). The molecule has 0 aliphatic rings. The summed E-state index contributed by atoms with van der Waals surface area (Å²) in [5.74, 6) is -1.10. The normalized spacial score (nSPS) is 12.0. The number of alkyl halides is 3. The van der Waals surface area contributed by atoms with Gasteiger partial charge in [0.05, 0.1) is 13.5 Å². The maximum atomic E-state index is 13.5. The highest BCUT2D eigenvalue weighted by molar-refractivity contribution is 7.17. The Labute approximate surface area is 273 Å². The molecular formula is C34H37F3N4O5S. The van der Waals surface area contributed by atoms with E-state index in [1.165, 1.54) is 10.1 Å².